The van der Waals surface area contributed by atoms with Crippen molar-refractivity contribution in [1.82, 2.24) is 4.90 Å². The van der Waals surface area contributed by atoms with Gasteiger partial charge in [-0.3, -0.25) is 9.59 Å². The van der Waals surface area contributed by atoms with Crippen LogP contribution >= 0.6 is 0 Å². The number of aliphatic hydroxyl groups is 1. The van der Waals surface area contributed by atoms with Crippen LogP contribution in [0.5, 0.6) is 17.2 Å². The number of benzene rings is 2. The van der Waals surface area contributed by atoms with E-state index >= 15 is 0 Å². The fraction of sp³-hybridized carbons (Fsp3) is 0.429. The van der Waals surface area contributed by atoms with Crippen LogP contribution in [-0.2, 0) is 14.3 Å². The van der Waals surface area contributed by atoms with Gasteiger partial charge >= 0.3 is 0 Å². The summed E-state index contributed by atoms with van der Waals surface area (Å²) in [6.07, 6.45) is 3.67. The molecule has 1 atom stereocenters. The van der Waals surface area contributed by atoms with Gasteiger partial charge in [0.2, 0.25) is 0 Å². The molecule has 0 bridgehead atoms. The van der Waals surface area contributed by atoms with Crippen LogP contribution in [0.1, 0.15) is 49.8 Å². The first-order valence-electron chi connectivity index (χ1n) is 12.4. The summed E-state index contributed by atoms with van der Waals surface area (Å²) in [6.45, 7) is 4.31. The number of nitrogens with zero attached hydrogens (tertiary/aromatic N) is 1. The summed E-state index contributed by atoms with van der Waals surface area (Å²) in [7, 11) is 1.59. The summed E-state index contributed by atoms with van der Waals surface area (Å²) in [6, 6.07) is 11.6. The van der Waals surface area contributed by atoms with Gasteiger partial charge in [-0.25, -0.2) is 0 Å². The second-order valence-electron chi connectivity index (χ2n) is 8.83. The number of ether oxygens (including phenoxy) is 4. The Labute approximate surface area is 211 Å². The zero-order valence-electron chi connectivity index (χ0n) is 20.8. The van der Waals surface area contributed by atoms with Gasteiger partial charge < -0.3 is 29.0 Å². The molecule has 2 heterocycles. The third kappa shape index (κ3) is 5.49. The summed E-state index contributed by atoms with van der Waals surface area (Å²) in [5.74, 6) is 0.0914. The maximum Gasteiger partial charge on any atom is 0.295 e. The van der Waals surface area contributed by atoms with Gasteiger partial charge in [0.15, 0.2) is 11.5 Å². The number of carbonyl (C=O) groups excluding carboxylic acids is 2. The van der Waals surface area contributed by atoms with Gasteiger partial charge in [-0.1, -0.05) is 31.9 Å². The van der Waals surface area contributed by atoms with Gasteiger partial charge in [-0.2, -0.15) is 0 Å². The molecule has 0 spiro atoms. The van der Waals surface area contributed by atoms with Gasteiger partial charge in [0.25, 0.3) is 11.7 Å². The molecule has 2 aliphatic heterocycles. The average molecular weight is 496 g/mol. The van der Waals surface area contributed by atoms with E-state index in [0.717, 1.165) is 19.3 Å². The number of fused-ring (bicyclic) bond motifs is 1. The maximum absolute atomic E-state index is 13.2. The lowest BCUT2D eigenvalue weighted by atomic mass is 9.95. The molecule has 0 radical (unpaired) electrons. The van der Waals surface area contributed by atoms with Crippen LogP contribution in [0.4, 0.5) is 0 Å². The average Bonchev–Trinajstić information content (AvgIpc) is 3.16. The number of hydrogen-bond donors (Lipinski definition) is 1. The van der Waals surface area contributed by atoms with Crippen molar-refractivity contribution in [2.45, 2.75) is 38.6 Å². The number of Topliss-reactive ketones (excluding diaryl/α,β-unsaturated/α-hetero) is 1. The Balaban J connectivity index is 1.73. The number of amides is 1. The SMILES string of the molecule is CCCCCOc1cccc([C@H]2/C(=C(\O)c3ccc4c(c3)OCCO4)C(=O)C(=O)N2CCCOC)c1. The molecule has 2 aromatic carbocycles. The maximum atomic E-state index is 13.2. The van der Waals surface area contributed by atoms with E-state index in [1.807, 2.05) is 24.3 Å². The summed E-state index contributed by atoms with van der Waals surface area (Å²) in [5, 5.41) is 11.3. The topological polar surface area (TPSA) is 94.5 Å². The van der Waals surface area contributed by atoms with Crippen LogP contribution in [0.15, 0.2) is 48.0 Å². The number of unbranched alkanes of at least 4 members (excludes halogenated alkanes) is 2. The molecule has 36 heavy (non-hydrogen) atoms. The van der Waals surface area contributed by atoms with Gasteiger partial charge in [0.1, 0.15) is 24.7 Å². The second-order valence-corrected chi connectivity index (χ2v) is 8.83. The van der Waals surface area contributed by atoms with Crippen molar-refractivity contribution >= 4 is 17.4 Å². The Bertz CT molecular complexity index is 1130. The molecule has 0 aliphatic carbocycles. The van der Waals surface area contributed by atoms with E-state index in [9.17, 15) is 14.7 Å². The molecule has 2 aliphatic rings. The van der Waals surface area contributed by atoms with Gasteiger partial charge in [0, 0.05) is 25.8 Å². The Hall–Kier alpha value is -3.52. The standard InChI is InChI=1S/C28H33NO7/c1-3-4-5-14-34-21-9-6-8-19(17-21)25-24(27(31)28(32)29(25)12-7-13-33-2)26(30)20-10-11-22-23(18-20)36-16-15-35-22/h6,8-11,17-18,25,30H,3-5,7,12-16H2,1-2H3/b26-24+/t25-/m0/s1. The largest absolute Gasteiger partial charge is 0.507 e. The monoisotopic (exact) mass is 495 g/mol. The van der Waals surface area contributed by atoms with Crippen LogP contribution < -0.4 is 14.2 Å². The Kier molecular flexibility index (Phi) is 8.48. The van der Waals surface area contributed by atoms with Crippen molar-refractivity contribution in [1.29, 1.82) is 0 Å². The Morgan fingerprint density at radius 3 is 2.61 bits per heavy atom. The van der Waals surface area contributed by atoms with E-state index in [1.54, 1.807) is 25.3 Å². The van der Waals surface area contributed by atoms with Crippen LogP contribution in [0.2, 0.25) is 0 Å². The molecule has 1 saturated heterocycles. The second kappa shape index (κ2) is 11.9. The normalized spacial score (nSPS) is 18.5. The lowest BCUT2D eigenvalue weighted by Crippen LogP contribution is -2.31. The highest BCUT2D eigenvalue weighted by atomic mass is 16.6. The van der Waals surface area contributed by atoms with E-state index in [1.165, 1.54) is 4.90 Å². The predicted octanol–water partition coefficient (Wildman–Crippen LogP) is 4.49. The van der Waals surface area contributed by atoms with Gasteiger partial charge in [-0.05, 0) is 48.7 Å². The van der Waals surface area contributed by atoms with Crippen LogP contribution in [0.3, 0.4) is 0 Å². The van der Waals surface area contributed by atoms with E-state index in [-0.39, 0.29) is 11.3 Å². The number of methoxy groups -OCH3 is 1. The minimum absolute atomic E-state index is 0.0391. The first-order chi connectivity index (χ1) is 17.5. The minimum Gasteiger partial charge on any atom is -0.507 e. The van der Waals surface area contributed by atoms with Crippen molar-refractivity contribution in [2.75, 3.05) is 40.1 Å². The summed E-state index contributed by atoms with van der Waals surface area (Å²) >= 11 is 0. The van der Waals surface area contributed by atoms with E-state index in [0.29, 0.717) is 67.8 Å². The third-order valence-corrected chi connectivity index (χ3v) is 6.29. The molecule has 0 unspecified atom stereocenters. The zero-order chi connectivity index (χ0) is 25.5. The van der Waals surface area contributed by atoms with Crippen LogP contribution in [0, 0.1) is 0 Å². The van der Waals surface area contributed by atoms with Gasteiger partial charge in [-0.15, -0.1) is 0 Å². The fourth-order valence-corrected chi connectivity index (χ4v) is 4.50. The van der Waals surface area contributed by atoms with Crippen LogP contribution in [0.25, 0.3) is 5.76 Å². The minimum atomic E-state index is -0.755. The summed E-state index contributed by atoms with van der Waals surface area (Å²) in [5.41, 5.74) is 1.11. The molecular formula is C28H33NO7. The molecule has 0 aromatic heterocycles. The van der Waals surface area contributed by atoms with E-state index in [4.69, 9.17) is 18.9 Å². The lowest BCUT2D eigenvalue weighted by Gasteiger charge is -2.26. The number of carbonyl (C=O) groups is 2. The first kappa shape index (κ1) is 25.6. The highest BCUT2D eigenvalue weighted by Crippen LogP contribution is 2.41. The predicted molar refractivity (Wildman–Crippen MR) is 134 cm³/mol. The summed E-state index contributed by atoms with van der Waals surface area (Å²) < 4.78 is 22.3. The number of aliphatic hydroxyl groups excluding tert-OH is 1. The zero-order valence-corrected chi connectivity index (χ0v) is 20.8. The molecule has 4 rings (SSSR count). The number of likely N-dealkylation sites (tertiary alicyclic amines) is 1. The molecule has 0 saturated carbocycles. The number of ketones is 1. The quantitative estimate of drug-likeness (QED) is 0.212. The highest BCUT2D eigenvalue weighted by Gasteiger charge is 2.46. The third-order valence-electron chi connectivity index (χ3n) is 6.29. The van der Waals surface area contributed by atoms with Crippen molar-refractivity contribution in [3.63, 3.8) is 0 Å². The lowest BCUT2D eigenvalue weighted by molar-refractivity contribution is -0.140. The van der Waals surface area contributed by atoms with Crippen LogP contribution in [-0.4, -0.2) is 61.8 Å². The highest BCUT2D eigenvalue weighted by molar-refractivity contribution is 6.46. The van der Waals surface area contributed by atoms with Crippen molar-refractivity contribution in [3.05, 3.63) is 59.2 Å². The van der Waals surface area contributed by atoms with E-state index < -0.39 is 17.7 Å². The van der Waals surface area contributed by atoms with Crippen molar-refractivity contribution in [3.8, 4) is 17.2 Å². The smallest absolute Gasteiger partial charge is 0.295 e. The number of hydrogen-bond acceptors (Lipinski definition) is 7. The molecule has 8 nitrogen and oxygen atoms in total. The molecule has 1 fully saturated rings. The molecule has 1 N–H and O–H groups in total. The molecule has 1 amide bonds. The molecule has 192 valence electrons. The molecule has 2 aromatic rings. The number of rotatable bonds is 11. The van der Waals surface area contributed by atoms with Crippen molar-refractivity contribution < 1.29 is 33.6 Å². The fourth-order valence-electron chi connectivity index (χ4n) is 4.50. The Morgan fingerprint density at radius 2 is 1.83 bits per heavy atom. The molecular weight excluding hydrogens is 462 g/mol. The molecule has 8 heteroatoms. The Morgan fingerprint density at radius 1 is 1.03 bits per heavy atom. The van der Waals surface area contributed by atoms with E-state index in [2.05, 4.69) is 6.92 Å². The first-order valence-corrected chi connectivity index (χ1v) is 12.4. The van der Waals surface area contributed by atoms with Crippen molar-refractivity contribution in [2.24, 2.45) is 0 Å². The summed E-state index contributed by atoms with van der Waals surface area (Å²) in [4.78, 5) is 27.8. The van der Waals surface area contributed by atoms with Gasteiger partial charge in [0.05, 0.1) is 18.2 Å².